The van der Waals surface area contributed by atoms with Gasteiger partial charge in [-0.3, -0.25) is 4.79 Å². The van der Waals surface area contributed by atoms with Crippen molar-refractivity contribution in [2.45, 2.75) is 6.92 Å². The van der Waals surface area contributed by atoms with Crippen LogP contribution in [0, 0.1) is 6.92 Å². The zero-order valence-electron chi connectivity index (χ0n) is 9.20. The largest absolute Gasteiger partial charge is 0.344 e. The first-order valence-corrected chi connectivity index (χ1v) is 5.40. The highest BCUT2D eigenvalue weighted by Gasteiger charge is 2.15. The van der Waals surface area contributed by atoms with Crippen LogP contribution in [0.1, 0.15) is 21.7 Å². The van der Waals surface area contributed by atoms with Crippen molar-refractivity contribution in [3.05, 3.63) is 58.4 Å². The number of hydrogen-bond donors (Lipinski definition) is 0. The average molecular weight is 234 g/mol. The Kier molecular flexibility index (Phi) is 2.84. The van der Waals surface area contributed by atoms with E-state index in [1.165, 1.54) is 0 Å². The fraction of sp³-hybridized carbons (Fsp3) is 0.154. The molecule has 0 aliphatic heterocycles. The van der Waals surface area contributed by atoms with Crippen LogP contribution in [-0.2, 0) is 7.05 Å². The maximum absolute atomic E-state index is 12.2. The van der Waals surface area contributed by atoms with Gasteiger partial charge >= 0.3 is 0 Å². The molecule has 3 heteroatoms. The molecule has 1 heterocycles. The van der Waals surface area contributed by atoms with Crippen molar-refractivity contribution in [2.75, 3.05) is 0 Å². The monoisotopic (exact) mass is 233 g/mol. The van der Waals surface area contributed by atoms with Crippen LogP contribution in [0.4, 0.5) is 0 Å². The number of carbonyl (C=O) groups is 1. The van der Waals surface area contributed by atoms with Gasteiger partial charge in [-0.2, -0.15) is 0 Å². The Balaban J connectivity index is 2.46. The molecule has 82 valence electrons. The first-order valence-electron chi connectivity index (χ1n) is 5.03. The number of hydrogen-bond acceptors (Lipinski definition) is 1. The summed E-state index contributed by atoms with van der Waals surface area (Å²) in [4.78, 5) is 12.2. The fourth-order valence-corrected chi connectivity index (χ4v) is 1.85. The molecule has 1 aromatic heterocycles. The molecule has 0 spiro atoms. The van der Waals surface area contributed by atoms with Crippen molar-refractivity contribution in [1.29, 1.82) is 0 Å². The van der Waals surface area contributed by atoms with E-state index in [-0.39, 0.29) is 5.78 Å². The van der Waals surface area contributed by atoms with Gasteiger partial charge in [0.15, 0.2) is 0 Å². The molecule has 1 aromatic carbocycles. The number of carbonyl (C=O) groups excluding carboxylic acids is 1. The summed E-state index contributed by atoms with van der Waals surface area (Å²) in [6.45, 7) is 1.89. The van der Waals surface area contributed by atoms with E-state index in [0.717, 1.165) is 5.69 Å². The predicted molar refractivity (Wildman–Crippen MR) is 65.0 cm³/mol. The smallest absolute Gasteiger partial charge is 0.209 e. The quantitative estimate of drug-likeness (QED) is 0.730. The van der Waals surface area contributed by atoms with Gasteiger partial charge in [-0.1, -0.05) is 41.9 Å². The molecule has 0 saturated carbocycles. The highest BCUT2D eigenvalue weighted by molar-refractivity contribution is 6.32. The summed E-state index contributed by atoms with van der Waals surface area (Å²) in [6.07, 6.45) is 0. The predicted octanol–water partition coefficient (Wildman–Crippen LogP) is 3.22. The molecular weight excluding hydrogens is 222 g/mol. The van der Waals surface area contributed by atoms with E-state index in [1.54, 1.807) is 18.2 Å². The number of halogens is 1. The summed E-state index contributed by atoms with van der Waals surface area (Å²) >= 11 is 5.99. The molecule has 0 amide bonds. The summed E-state index contributed by atoms with van der Waals surface area (Å²) in [5, 5.41) is 0.627. The van der Waals surface area contributed by atoms with Gasteiger partial charge in [0.1, 0.15) is 0 Å². The SMILES string of the molecule is Cc1c(Cl)cc(C(=O)c2ccccc2)n1C. The van der Waals surface area contributed by atoms with Crippen molar-refractivity contribution in [2.24, 2.45) is 7.05 Å². The van der Waals surface area contributed by atoms with E-state index < -0.39 is 0 Å². The molecular formula is C13H12ClNO. The van der Waals surface area contributed by atoms with Crippen LogP contribution in [0.25, 0.3) is 0 Å². The highest BCUT2D eigenvalue weighted by Crippen LogP contribution is 2.21. The van der Waals surface area contributed by atoms with Gasteiger partial charge < -0.3 is 4.57 Å². The van der Waals surface area contributed by atoms with Crippen LogP contribution in [0.5, 0.6) is 0 Å². The van der Waals surface area contributed by atoms with Crippen molar-refractivity contribution in [3.8, 4) is 0 Å². The molecule has 0 atom stereocenters. The second-order valence-electron chi connectivity index (χ2n) is 3.72. The maximum atomic E-state index is 12.2. The van der Waals surface area contributed by atoms with E-state index in [2.05, 4.69) is 0 Å². The Morgan fingerprint density at radius 2 is 1.88 bits per heavy atom. The van der Waals surface area contributed by atoms with E-state index in [0.29, 0.717) is 16.3 Å². The lowest BCUT2D eigenvalue weighted by Crippen LogP contribution is -2.07. The number of ketones is 1. The van der Waals surface area contributed by atoms with E-state index in [1.807, 2.05) is 36.7 Å². The normalized spacial score (nSPS) is 10.4. The molecule has 0 radical (unpaired) electrons. The average Bonchev–Trinajstić information content (AvgIpc) is 2.57. The minimum Gasteiger partial charge on any atom is -0.344 e. The van der Waals surface area contributed by atoms with Gasteiger partial charge in [-0.15, -0.1) is 0 Å². The third-order valence-electron chi connectivity index (χ3n) is 2.74. The van der Waals surface area contributed by atoms with E-state index >= 15 is 0 Å². The highest BCUT2D eigenvalue weighted by atomic mass is 35.5. The molecule has 2 nitrogen and oxygen atoms in total. The standard InChI is InChI=1S/C13H12ClNO/c1-9-11(14)8-12(15(9)2)13(16)10-6-4-3-5-7-10/h3-8H,1-2H3. The van der Waals surface area contributed by atoms with Crippen LogP contribution in [0.2, 0.25) is 5.02 Å². The summed E-state index contributed by atoms with van der Waals surface area (Å²) in [7, 11) is 1.84. The van der Waals surface area contributed by atoms with Crippen LogP contribution in [0.3, 0.4) is 0 Å². The number of nitrogens with zero attached hydrogens (tertiary/aromatic N) is 1. The topological polar surface area (TPSA) is 22.0 Å². The molecule has 0 aliphatic carbocycles. The Labute approximate surface area is 99.5 Å². The lowest BCUT2D eigenvalue weighted by Gasteiger charge is -2.03. The zero-order chi connectivity index (χ0) is 11.7. The molecule has 0 fully saturated rings. The molecule has 0 saturated heterocycles. The third-order valence-corrected chi connectivity index (χ3v) is 3.12. The first kappa shape index (κ1) is 11.0. The Bertz CT molecular complexity index is 528. The van der Waals surface area contributed by atoms with E-state index in [4.69, 9.17) is 11.6 Å². The molecule has 0 N–H and O–H groups in total. The minimum atomic E-state index is -0.00176. The van der Waals surface area contributed by atoms with Crippen molar-refractivity contribution in [1.82, 2.24) is 4.57 Å². The second kappa shape index (κ2) is 4.14. The summed E-state index contributed by atoms with van der Waals surface area (Å²) in [5.41, 5.74) is 2.20. The van der Waals surface area contributed by atoms with Crippen LogP contribution < -0.4 is 0 Å². The molecule has 0 aliphatic rings. The lowest BCUT2D eigenvalue weighted by molar-refractivity contribution is 0.103. The molecule has 0 unspecified atom stereocenters. The van der Waals surface area contributed by atoms with Gasteiger partial charge in [-0.25, -0.2) is 0 Å². The first-order chi connectivity index (χ1) is 7.61. The van der Waals surface area contributed by atoms with Gasteiger partial charge in [0, 0.05) is 18.3 Å². The summed E-state index contributed by atoms with van der Waals surface area (Å²) in [5.74, 6) is -0.00176. The van der Waals surface area contributed by atoms with Crippen LogP contribution >= 0.6 is 11.6 Å². The fourth-order valence-electron chi connectivity index (χ4n) is 1.62. The van der Waals surface area contributed by atoms with Crippen LogP contribution in [0.15, 0.2) is 36.4 Å². The van der Waals surface area contributed by atoms with Crippen molar-refractivity contribution in [3.63, 3.8) is 0 Å². The van der Waals surface area contributed by atoms with Crippen molar-refractivity contribution < 1.29 is 4.79 Å². The van der Waals surface area contributed by atoms with Gasteiger partial charge in [0.25, 0.3) is 0 Å². The number of rotatable bonds is 2. The van der Waals surface area contributed by atoms with Gasteiger partial charge in [0.05, 0.1) is 10.7 Å². The lowest BCUT2D eigenvalue weighted by atomic mass is 10.1. The molecule has 16 heavy (non-hydrogen) atoms. The zero-order valence-corrected chi connectivity index (χ0v) is 9.95. The molecule has 0 bridgehead atoms. The second-order valence-corrected chi connectivity index (χ2v) is 4.12. The Hall–Kier alpha value is -1.54. The number of benzene rings is 1. The summed E-state index contributed by atoms with van der Waals surface area (Å²) in [6, 6.07) is 10.9. The molecule has 2 rings (SSSR count). The Morgan fingerprint density at radius 1 is 1.25 bits per heavy atom. The third kappa shape index (κ3) is 1.76. The molecule has 2 aromatic rings. The van der Waals surface area contributed by atoms with Crippen LogP contribution in [-0.4, -0.2) is 10.4 Å². The van der Waals surface area contributed by atoms with Crippen molar-refractivity contribution >= 4 is 17.4 Å². The van der Waals surface area contributed by atoms with Gasteiger partial charge in [-0.05, 0) is 13.0 Å². The minimum absolute atomic E-state index is 0.00176. The Morgan fingerprint density at radius 3 is 2.38 bits per heavy atom. The van der Waals surface area contributed by atoms with E-state index in [9.17, 15) is 4.79 Å². The maximum Gasteiger partial charge on any atom is 0.209 e. The van der Waals surface area contributed by atoms with Gasteiger partial charge in [0.2, 0.25) is 5.78 Å². The summed E-state index contributed by atoms with van der Waals surface area (Å²) < 4.78 is 1.82. The number of aromatic nitrogens is 1.